The summed E-state index contributed by atoms with van der Waals surface area (Å²) in [6.07, 6.45) is 10.2. The highest BCUT2D eigenvalue weighted by atomic mass is 35.5. The quantitative estimate of drug-likeness (QED) is 0.481. The summed E-state index contributed by atoms with van der Waals surface area (Å²) in [5.74, 6) is 1.40. The van der Waals surface area contributed by atoms with Crippen molar-refractivity contribution < 1.29 is 17.8 Å². The van der Waals surface area contributed by atoms with E-state index in [2.05, 4.69) is 18.1 Å². The van der Waals surface area contributed by atoms with E-state index in [-0.39, 0.29) is 11.5 Å². The zero-order valence-corrected chi connectivity index (χ0v) is 18.0. The monoisotopic (exact) mass is 414 g/mol. The van der Waals surface area contributed by atoms with Crippen LogP contribution in [0.25, 0.3) is 0 Å². The molecular formula is C23H33ClF2O2. The first kappa shape index (κ1) is 21.7. The normalized spacial score (nSPS) is 28.4. The number of halogens is 3. The van der Waals surface area contributed by atoms with Crippen LogP contribution in [0.2, 0.25) is 0 Å². The molecule has 3 rings (SSSR count). The van der Waals surface area contributed by atoms with Crippen LogP contribution in [-0.4, -0.2) is 6.61 Å². The summed E-state index contributed by atoms with van der Waals surface area (Å²) in [5.41, 5.74) is 0.491. The number of benzene rings is 1. The van der Waals surface area contributed by atoms with Crippen molar-refractivity contribution in [2.24, 2.45) is 29.6 Å². The average Bonchev–Trinajstić information content (AvgIpc) is 2.71. The lowest BCUT2D eigenvalue weighted by molar-refractivity contribution is 0.113. The summed E-state index contributed by atoms with van der Waals surface area (Å²) in [6, 6.07) is 1.37. The number of hydrogen-bond donors (Lipinski definition) is 0. The van der Waals surface area contributed by atoms with Crippen LogP contribution in [0.1, 0.15) is 70.8 Å². The minimum atomic E-state index is -1.10. The molecule has 0 heterocycles. The molecule has 0 atom stereocenters. The predicted molar refractivity (Wildman–Crippen MR) is 109 cm³/mol. The van der Waals surface area contributed by atoms with Crippen LogP contribution in [0.3, 0.4) is 0 Å². The van der Waals surface area contributed by atoms with Crippen molar-refractivity contribution >= 4 is 11.9 Å². The summed E-state index contributed by atoms with van der Waals surface area (Å²) in [5, 5.41) is 0. The van der Waals surface area contributed by atoms with Crippen LogP contribution in [0.5, 0.6) is 11.5 Å². The van der Waals surface area contributed by atoms with Crippen LogP contribution < -0.4 is 9.03 Å². The second kappa shape index (κ2) is 9.65. The van der Waals surface area contributed by atoms with Gasteiger partial charge in [0.25, 0.3) is 0 Å². The van der Waals surface area contributed by atoms with Gasteiger partial charge in [-0.15, -0.1) is 0 Å². The Morgan fingerprint density at radius 1 is 0.964 bits per heavy atom. The summed E-state index contributed by atoms with van der Waals surface area (Å²) < 4.78 is 38.1. The molecule has 1 aromatic rings. The molecule has 0 aliphatic heterocycles. The van der Waals surface area contributed by atoms with E-state index in [9.17, 15) is 8.78 Å². The van der Waals surface area contributed by atoms with Crippen molar-refractivity contribution in [2.75, 3.05) is 6.61 Å². The van der Waals surface area contributed by atoms with Crippen molar-refractivity contribution in [3.05, 3.63) is 23.3 Å². The Hall–Kier alpha value is -1.03. The van der Waals surface area contributed by atoms with E-state index >= 15 is 0 Å². The van der Waals surface area contributed by atoms with Gasteiger partial charge in [0.2, 0.25) is 11.6 Å². The third kappa shape index (κ3) is 4.93. The number of hydrogen-bond acceptors (Lipinski definition) is 2. The standard InChI is InChI=1S/C23H33ClF2O2/c1-14(2)17-8-10-19(11-9-17)18-6-4-16(5-7-18)13-27-23-15(3)12-20(28-24)21(25)22(23)26/h12,14,16-19H,4-11,13H2,1-3H3. The number of aryl methyl sites for hydroxylation is 1. The van der Waals surface area contributed by atoms with Crippen molar-refractivity contribution in [1.29, 1.82) is 0 Å². The Labute approximate surface area is 173 Å². The molecule has 2 fully saturated rings. The van der Waals surface area contributed by atoms with Gasteiger partial charge < -0.3 is 9.03 Å². The van der Waals surface area contributed by atoms with E-state index in [0.29, 0.717) is 18.1 Å². The summed E-state index contributed by atoms with van der Waals surface area (Å²) in [6.45, 7) is 6.80. The molecular weight excluding hydrogens is 382 g/mol. The van der Waals surface area contributed by atoms with E-state index < -0.39 is 11.6 Å². The minimum Gasteiger partial charge on any atom is -0.490 e. The van der Waals surface area contributed by atoms with Gasteiger partial charge in [-0.05, 0) is 99.5 Å². The highest BCUT2D eigenvalue weighted by Crippen LogP contribution is 2.43. The van der Waals surface area contributed by atoms with E-state index in [0.717, 1.165) is 36.5 Å². The molecule has 2 aliphatic carbocycles. The van der Waals surface area contributed by atoms with Gasteiger partial charge >= 0.3 is 0 Å². The van der Waals surface area contributed by atoms with Gasteiger partial charge in [0.1, 0.15) is 11.9 Å². The Bertz CT molecular complexity index is 648. The van der Waals surface area contributed by atoms with Crippen molar-refractivity contribution in [2.45, 2.75) is 72.1 Å². The van der Waals surface area contributed by atoms with Gasteiger partial charge in [0.15, 0.2) is 11.5 Å². The Morgan fingerprint density at radius 3 is 2.07 bits per heavy atom. The van der Waals surface area contributed by atoms with Gasteiger partial charge in [0.05, 0.1) is 6.61 Å². The SMILES string of the molecule is Cc1cc(OCl)c(F)c(F)c1OCC1CCC(C2CCC(C(C)C)CC2)CC1. The molecule has 5 heteroatoms. The third-order valence-electron chi connectivity index (χ3n) is 7.18. The van der Waals surface area contributed by atoms with E-state index in [1.807, 2.05) is 0 Å². The van der Waals surface area contributed by atoms with Gasteiger partial charge in [-0.2, -0.15) is 8.78 Å². The largest absolute Gasteiger partial charge is 0.490 e. The maximum Gasteiger partial charge on any atom is 0.206 e. The summed E-state index contributed by atoms with van der Waals surface area (Å²) in [4.78, 5) is 0. The first-order chi connectivity index (χ1) is 13.4. The lowest BCUT2D eigenvalue weighted by Gasteiger charge is -2.38. The molecule has 0 aromatic heterocycles. The second-order valence-electron chi connectivity index (χ2n) is 9.24. The average molecular weight is 415 g/mol. The Balaban J connectivity index is 1.47. The number of rotatable bonds is 6. The molecule has 0 amide bonds. The van der Waals surface area contributed by atoms with E-state index in [1.54, 1.807) is 6.92 Å². The molecule has 0 spiro atoms. The fraction of sp³-hybridized carbons (Fsp3) is 0.739. The molecule has 2 aliphatic rings. The van der Waals surface area contributed by atoms with Crippen LogP contribution >= 0.6 is 11.9 Å². The van der Waals surface area contributed by atoms with Gasteiger partial charge in [-0.25, -0.2) is 0 Å². The smallest absolute Gasteiger partial charge is 0.206 e. The fourth-order valence-electron chi connectivity index (χ4n) is 5.25. The zero-order valence-electron chi connectivity index (χ0n) is 17.3. The highest BCUT2D eigenvalue weighted by Gasteiger charge is 2.32. The van der Waals surface area contributed by atoms with Crippen molar-refractivity contribution in [3.8, 4) is 11.5 Å². The molecule has 1 aromatic carbocycles. The second-order valence-corrected chi connectivity index (χ2v) is 9.39. The third-order valence-corrected chi connectivity index (χ3v) is 7.34. The fourth-order valence-corrected chi connectivity index (χ4v) is 5.36. The lowest BCUT2D eigenvalue weighted by atomic mass is 9.68. The summed E-state index contributed by atoms with van der Waals surface area (Å²) in [7, 11) is 0. The van der Waals surface area contributed by atoms with Crippen LogP contribution in [-0.2, 0) is 0 Å². The number of ether oxygens (including phenoxy) is 1. The molecule has 2 saturated carbocycles. The topological polar surface area (TPSA) is 18.5 Å². The minimum absolute atomic E-state index is 0.0240. The Kier molecular flexibility index (Phi) is 7.47. The van der Waals surface area contributed by atoms with Crippen molar-refractivity contribution in [1.82, 2.24) is 0 Å². The first-order valence-electron chi connectivity index (χ1n) is 10.8. The van der Waals surface area contributed by atoms with Crippen LogP contribution in [0, 0.1) is 48.1 Å². The van der Waals surface area contributed by atoms with Gasteiger partial charge in [-0.1, -0.05) is 13.8 Å². The lowest BCUT2D eigenvalue weighted by Crippen LogP contribution is -2.28. The van der Waals surface area contributed by atoms with E-state index in [4.69, 9.17) is 16.6 Å². The molecule has 2 nitrogen and oxygen atoms in total. The van der Waals surface area contributed by atoms with E-state index in [1.165, 1.54) is 44.6 Å². The molecule has 0 radical (unpaired) electrons. The van der Waals surface area contributed by atoms with Crippen LogP contribution in [0.4, 0.5) is 8.78 Å². The molecule has 0 N–H and O–H groups in total. The maximum atomic E-state index is 14.2. The molecule has 28 heavy (non-hydrogen) atoms. The molecule has 0 unspecified atom stereocenters. The molecule has 0 saturated heterocycles. The molecule has 0 bridgehead atoms. The van der Waals surface area contributed by atoms with Crippen molar-refractivity contribution in [3.63, 3.8) is 0 Å². The highest BCUT2D eigenvalue weighted by molar-refractivity contribution is 6.09. The predicted octanol–water partition coefficient (Wildman–Crippen LogP) is 7.45. The van der Waals surface area contributed by atoms with Gasteiger partial charge in [0, 0.05) is 0 Å². The molecule has 158 valence electrons. The van der Waals surface area contributed by atoms with Crippen LogP contribution in [0.15, 0.2) is 6.07 Å². The zero-order chi connectivity index (χ0) is 20.3. The maximum absolute atomic E-state index is 14.2. The van der Waals surface area contributed by atoms with Gasteiger partial charge in [-0.3, -0.25) is 0 Å². The Morgan fingerprint density at radius 2 is 1.54 bits per heavy atom. The first-order valence-corrected chi connectivity index (χ1v) is 11.1. The summed E-state index contributed by atoms with van der Waals surface area (Å²) >= 11 is 5.18.